The summed E-state index contributed by atoms with van der Waals surface area (Å²) in [5.41, 5.74) is 0. The molecule has 0 saturated carbocycles. The molecule has 1 atom stereocenters. The van der Waals surface area contributed by atoms with Crippen molar-refractivity contribution in [1.82, 2.24) is 4.90 Å². The molecule has 0 heterocycles. The summed E-state index contributed by atoms with van der Waals surface area (Å²) in [5.74, 6) is -3.72. The third-order valence-electron chi connectivity index (χ3n) is 2.23. The van der Waals surface area contributed by atoms with E-state index in [9.17, 15) is 14.4 Å². The van der Waals surface area contributed by atoms with Gasteiger partial charge in [-0.2, -0.15) is 0 Å². The van der Waals surface area contributed by atoms with E-state index in [-0.39, 0.29) is 18.9 Å². The zero-order valence-corrected chi connectivity index (χ0v) is 9.79. The number of rotatable bonds is 8. The first kappa shape index (κ1) is 15.4. The molecule has 17 heavy (non-hydrogen) atoms. The predicted molar refractivity (Wildman–Crippen MR) is 57.7 cm³/mol. The lowest BCUT2D eigenvalue weighted by Crippen LogP contribution is -2.47. The normalized spacial score (nSPS) is 12.7. The highest BCUT2D eigenvalue weighted by atomic mass is 16.4. The molecule has 0 saturated heterocycles. The van der Waals surface area contributed by atoms with Gasteiger partial charge in [0.15, 0.2) is 0 Å². The Morgan fingerprint density at radius 2 is 1.59 bits per heavy atom. The van der Waals surface area contributed by atoms with Crippen LogP contribution in [0.3, 0.4) is 0 Å². The Bertz CT molecular complexity index is 301. The van der Waals surface area contributed by atoms with Gasteiger partial charge in [-0.05, 0) is 5.92 Å². The van der Waals surface area contributed by atoms with Gasteiger partial charge in [0.05, 0.1) is 13.0 Å². The van der Waals surface area contributed by atoms with Gasteiger partial charge in [0.1, 0.15) is 6.04 Å². The van der Waals surface area contributed by atoms with Crippen molar-refractivity contribution in [2.24, 2.45) is 5.92 Å². The molecule has 0 radical (unpaired) electrons. The maximum atomic E-state index is 11.0. The maximum Gasteiger partial charge on any atom is 0.321 e. The number of carboxylic acids is 3. The Morgan fingerprint density at radius 1 is 1.06 bits per heavy atom. The van der Waals surface area contributed by atoms with Crippen LogP contribution >= 0.6 is 0 Å². The first-order chi connectivity index (χ1) is 7.75. The Kier molecular flexibility index (Phi) is 6.19. The summed E-state index contributed by atoms with van der Waals surface area (Å²) in [4.78, 5) is 33.2. The van der Waals surface area contributed by atoms with Crippen LogP contribution in [0, 0.1) is 5.92 Å². The Hall–Kier alpha value is -1.63. The van der Waals surface area contributed by atoms with Crippen LogP contribution < -0.4 is 0 Å². The van der Waals surface area contributed by atoms with Crippen molar-refractivity contribution in [2.45, 2.75) is 26.3 Å². The molecule has 0 amide bonds. The summed E-state index contributed by atoms with van der Waals surface area (Å²) < 4.78 is 0. The number of nitrogens with zero attached hydrogens (tertiary/aromatic N) is 1. The summed E-state index contributed by atoms with van der Waals surface area (Å²) in [7, 11) is 0. The molecule has 0 spiro atoms. The maximum absolute atomic E-state index is 11.0. The first-order valence-electron chi connectivity index (χ1n) is 5.16. The van der Waals surface area contributed by atoms with Crippen LogP contribution in [-0.4, -0.2) is 57.3 Å². The van der Waals surface area contributed by atoms with Crippen LogP contribution in [0.25, 0.3) is 0 Å². The van der Waals surface area contributed by atoms with Crippen molar-refractivity contribution >= 4 is 17.9 Å². The first-order valence-corrected chi connectivity index (χ1v) is 5.16. The smallest absolute Gasteiger partial charge is 0.321 e. The van der Waals surface area contributed by atoms with Crippen molar-refractivity contribution in [3.05, 3.63) is 0 Å². The second-order valence-electron chi connectivity index (χ2n) is 4.04. The van der Waals surface area contributed by atoms with Gasteiger partial charge in [-0.3, -0.25) is 19.3 Å². The average Bonchev–Trinajstić information content (AvgIpc) is 2.11. The fourth-order valence-electron chi connectivity index (χ4n) is 1.59. The molecule has 0 aromatic carbocycles. The topological polar surface area (TPSA) is 115 Å². The van der Waals surface area contributed by atoms with E-state index in [1.807, 2.05) is 0 Å². The molecular formula is C10H17NO6. The Balaban J connectivity index is 4.78. The number of hydrogen-bond acceptors (Lipinski definition) is 4. The van der Waals surface area contributed by atoms with Crippen LogP contribution in [0.1, 0.15) is 20.3 Å². The van der Waals surface area contributed by atoms with Gasteiger partial charge in [0.2, 0.25) is 0 Å². The lowest BCUT2D eigenvalue weighted by atomic mass is 10.0. The second-order valence-corrected chi connectivity index (χ2v) is 4.04. The zero-order chi connectivity index (χ0) is 13.6. The van der Waals surface area contributed by atoms with E-state index in [0.717, 1.165) is 4.90 Å². The van der Waals surface area contributed by atoms with E-state index >= 15 is 0 Å². The highest BCUT2D eigenvalue weighted by Gasteiger charge is 2.30. The molecular weight excluding hydrogens is 230 g/mol. The van der Waals surface area contributed by atoms with Crippen LogP contribution in [0.15, 0.2) is 0 Å². The largest absolute Gasteiger partial charge is 0.481 e. The predicted octanol–water partition coefficient (Wildman–Crippen LogP) is -0.0431. The van der Waals surface area contributed by atoms with Gasteiger partial charge in [-0.25, -0.2) is 0 Å². The number of carbonyl (C=O) groups is 3. The molecule has 0 aliphatic heterocycles. The van der Waals surface area contributed by atoms with Gasteiger partial charge < -0.3 is 15.3 Å². The van der Waals surface area contributed by atoms with Crippen molar-refractivity contribution in [3.63, 3.8) is 0 Å². The van der Waals surface area contributed by atoms with Gasteiger partial charge in [0, 0.05) is 6.54 Å². The van der Waals surface area contributed by atoms with E-state index in [1.54, 1.807) is 13.8 Å². The third-order valence-corrected chi connectivity index (χ3v) is 2.23. The van der Waals surface area contributed by atoms with Crippen molar-refractivity contribution in [2.75, 3.05) is 13.1 Å². The van der Waals surface area contributed by atoms with Crippen LogP contribution in [0.4, 0.5) is 0 Å². The molecule has 0 aromatic rings. The number of aliphatic carboxylic acids is 3. The quantitative estimate of drug-likeness (QED) is 0.551. The molecule has 0 aromatic heterocycles. The summed E-state index contributed by atoms with van der Waals surface area (Å²) in [6.07, 6.45) is -0.288. The average molecular weight is 247 g/mol. The van der Waals surface area contributed by atoms with E-state index in [4.69, 9.17) is 15.3 Å². The van der Waals surface area contributed by atoms with Crippen molar-refractivity contribution in [3.8, 4) is 0 Å². The molecule has 0 fully saturated rings. The lowest BCUT2D eigenvalue weighted by Gasteiger charge is -2.29. The Labute approximate surface area is 98.7 Å². The van der Waals surface area contributed by atoms with Crippen molar-refractivity contribution in [1.29, 1.82) is 0 Å². The molecule has 0 rings (SSSR count). The number of carboxylic acid groups (broad SMARTS) is 3. The molecule has 7 heteroatoms. The molecule has 0 aliphatic rings. The van der Waals surface area contributed by atoms with Gasteiger partial charge in [-0.1, -0.05) is 13.8 Å². The third kappa shape index (κ3) is 5.86. The minimum atomic E-state index is -1.18. The van der Waals surface area contributed by atoms with Gasteiger partial charge in [-0.15, -0.1) is 0 Å². The summed E-state index contributed by atoms with van der Waals surface area (Å²) in [5, 5.41) is 26.2. The summed E-state index contributed by atoms with van der Waals surface area (Å²) in [6, 6.07) is -0.995. The molecule has 0 bridgehead atoms. The van der Waals surface area contributed by atoms with E-state index < -0.39 is 30.5 Å². The van der Waals surface area contributed by atoms with Crippen LogP contribution in [0.5, 0.6) is 0 Å². The lowest BCUT2D eigenvalue weighted by molar-refractivity contribution is -0.149. The minimum Gasteiger partial charge on any atom is -0.481 e. The molecule has 0 aliphatic carbocycles. The van der Waals surface area contributed by atoms with E-state index in [2.05, 4.69) is 0 Å². The second kappa shape index (κ2) is 6.85. The highest BCUT2D eigenvalue weighted by Crippen LogP contribution is 2.11. The highest BCUT2D eigenvalue weighted by molar-refractivity contribution is 5.76. The van der Waals surface area contributed by atoms with Crippen LogP contribution in [0.2, 0.25) is 0 Å². The van der Waals surface area contributed by atoms with Crippen molar-refractivity contribution < 1.29 is 29.7 Å². The van der Waals surface area contributed by atoms with Crippen LogP contribution in [-0.2, 0) is 14.4 Å². The fourth-order valence-corrected chi connectivity index (χ4v) is 1.59. The molecule has 1 unspecified atom stereocenters. The summed E-state index contributed by atoms with van der Waals surface area (Å²) in [6.45, 7) is 2.71. The molecule has 98 valence electrons. The SMILES string of the molecule is CC(C)C(C(=O)O)N(CCC(=O)O)CC(=O)O. The van der Waals surface area contributed by atoms with E-state index in [1.165, 1.54) is 0 Å². The minimum absolute atomic E-state index is 0.100. The Morgan fingerprint density at radius 3 is 1.88 bits per heavy atom. The van der Waals surface area contributed by atoms with E-state index in [0.29, 0.717) is 0 Å². The standard InChI is InChI=1S/C10H17NO6/c1-6(2)9(10(16)17)11(5-8(14)15)4-3-7(12)13/h6,9H,3-5H2,1-2H3,(H,12,13)(H,14,15)(H,16,17). The molecule has 7 nitrogen and oxygen atoms in total. The van der Waals surface area contributed by atoms with Gasteiger partial charge >= 0.3 is 17.9 Å². The summed E-state index contributed by atoms with van der Waals surface area (Å²) >= 11 is 0. The van der Waals surface area contributed by atoms with Gasteiger partial charge in [0.25, 0.3) is 0 Å². The molecule has 3 N–H and O–H groups in total. The zero-order valence-electron chi connectivity index (χ0n) is 9.79. The number of hydrogen-bond donors (Lipinski definition) is 3. The monoisotopic (exact) mass is 247 g/mol. The fraction of sp³-hybridized carbons (Fsp3) is 0.700.